The average Bonchev–Trinajstić information content (AvgIpc) is 3.26. The van der Waals surface area contributed by atoms with E-state index in [1.54, 1.807) is 0 Å². The molecule has 1 aromatic carbocycles. The first-order valence-corrected chi connectivity index (χ1v) is 11.9. The molecule has 4 heterocycles. The highest BCUT2D eigenvalue weighted by Gasteiger charge is 2.25. The van der Waals surface area contributed by atoms with Crippen molar-refractivity contribution in [1.29, 1.82) is 0 Å². The lowest BCUT2D eigenvalue weighted by atomic mass is 9.93. The van der Waals surface area contributed by atoms with E-state index in [9.17, 15) is 4.79 Å². The summed E-state index contributed by atoms with van der Waals surface area (Å²) in [6.45, 7) is 6.31. The number of para-hydroxylation sites is 1. The number of fused-ring (bicyclic) bond motifs is 1. The zero-order valence-electron chi connectivity index (χ0n) is 18.7. The van der Waals surface area contributed by atoms with E-state index in [4.69, 9.17) is 4.42 Å². The quantitative estimate of drug-likeness (QED) is 0.585. The highest BCUT2D eigenvalue weighted by molar-refractivity contribution is 5.77. The molecule has 2 aromatic heterocycles. The molecule has 3 aromatic rings. The van der Waals surface area contributed by atoms with E-state index < -0.39 is 0 Å². The van der Waals surface area contributed by atoms with Gasteiger partial charge < -0.3 is 14.2 Å². The minimum Gasteiger partial charge on any atom is -0.460 e. The lowest BCUT2D eigenvalue weighted by Crippen LogP contribution is -2.49. The number of piperidine rings is 1. The number of nitrogens with zero attached hydrogens (tertiary/aromatic N) is 4. The minimum atomic E-state index is 0.306. The first kappa shape index (κ1) is 21.0. The minimum absolute atomic E-state index is 0.306. The molecule has 1 amide bonds. The van der Waals surface area contributed by atoms with Gasteiger partial charge >= 0.3 is 0 Å². The van der Waals surface area contributed by atoms with Crippen LogP contribution in [-0.4, -0.2) is 60.0 Å². The molecule has 32 heavy (non-hydrogen) atoms. The number of piperazine rings is 1. The molecule has 6 nitrogen and oxygen atoms in total. The second kappa shape index (κ2) is 9.74. The van der Waals surface area contributed by atoms with Crippen molar-refractivity contribution < 1.29 is 9.21 Å². The third-order valence-corrected chi connectivity index (χ3v) is 6.83. The number of likely N-dealkylation sites (tertiary alicyclic amines) is 1. The lowest BCUT2D eigenvalue weighted by Gasteiger charge is -2.36. The van der Waals surface area contributed by atoms with E-state index >= 15 is 0 Å². The first-order chi connectivity index (χ1) is 15.7. The van der Waals surface area contributed by atoms with Gasteiger partial charge in [-0.1, -0.05) is 24.3 Å². The van der Waals surface area contributed by atoms with Gasteiger partial charge in [0, 0.05) is 50.7 Å². The molecule has 0 aliphatic carbocycles. The Labute approximate surface area is 189 Å². The van der Waals surface area contributed by atoms with E-state index in [1.165, 1.54) is 18.2 Å². The van der Waals surface area contributed by atoms with Crippen molar-refractivity contribution in [3.63, 3.8) is 0 Å². The molecule has 6 heteroatoms. The highest BCUT2D eigenvalue weighted by atomic mass is 16.3. The largest absolute Gasteiger partial charge is 0.460 e. The van der Waals surface area contributed by atoms with Crippen LogP contribution in [0.3, 0.4) is 0 Å². The summed E-state index contributed by atoms with van der Waals surface area (Å²) in [5.41, 5.74) is 0.963. The van der Waals surface area contributed by atoms with Gasteiger partial charge in [-0.15, -0.1) is 0 Å². The lowest BCUT2D eigenvalue weighted by molar-refractivity contribution is -0.131. The van der Waals surface area contributed by atoms with Crippen LogP contribution in [0.15, 0.2) is 59.1 Å². The number of carbonyl (C=O) groups excluding carboxylic acids is 1. The number of carbonyl (C=O) groups is 1. The molecule has 5 rings (SSSR count). The summed E-state index contributed by atoms with van der Waals surface area (Å²) >= 11 is 0. The number of hydrogen-bond donors (Lipinski definition) is 0. The number of pyridine rings is 1. The van der Waals surface area contributed by atoms with Gasteiger partial charge in [0.25, 0.3) is 0 Å². The Kier molecular flexibility index (Phi) is 6.39. The number of aromatic nitrogens is 1. The first-order valence-electron chi connectivity index (χ1n) is 11.9. The number of hydrogen-bond acceptors (Lipinski definition) is 5. The standard InChI is InChI=1S/C26H32N4O2/c31-26(30-16-14-29(15-17-30)25-9-3-4-12-27-25)11-10-21-6-5-13-28(19-21)20-23-18-22-7-1-2-8-24(22)32-23/h1-4,7-9,12,18,21H,5-6,10-11,13-17,19-20H2. The van der Waals surface area contributed by atoms with E-state index in [0.29, 0.717) is 18.2 Å². The van der Waals surface area contributed by atoms with Crippen LogP contribution >= 0.6 is 0 Å². The predicted octanol–water partition coefficient (Wildman–Crippen LogP) is 4.17. The molecule has 2 aliphatic rings. The summed E-state index contributed by atoms with van der Waals surface area (Å²) in [5, 5.41) is 1.17. The van der Waals surface area contributed by atoms with Gasteiger partial charge in [-0.3, -0.25) is 9.69 Å². The van der Waals surface area contributed by atoms with Gasteiger partial charge in [-0.05, 0) is 56.0 Å². The van der Waals surface area contributed by atoms with Crippen LogP contribution < -0.4 is 4.90 Å². The number of amides is 1. The summed E-state index contributed by atoms with van der Waals surface area (Å²) in [6.07, 6.45) is 5.89. The summed E-state index contributed by atoms with van der Waals surface area (Å²) < 4.78 is 6.01. The smallest absolute Gasteiger partial charge is 0.222 e. The molecule has 2 aliphatic heterocycles. The molecular formula is C26H32N4O2. The zero-order valence-corrected chi connectivity index (χ0v) is 18.7. The molecule has 0 radical (unpaired) electrons. The van der Waals surface area contributed by atoms with Crippen LogP contribution in [-0.2, 0) is 11.3 Å². The summed E-state index contributed by atoms with van der Waals surface area (Å²) in [5.74, 6) is 2.94. The number of furan rings is 1. The Bertz CT molecular complexity index is 993. The van der Waals surface area contributed by atoms with E-state index in [-0.39, 0.29) is 0 Å². The molecule has 1 unspecified atom stereocenters. The number of anilines is 1. The number of benzene rings is 1. The van der Waals surface area contributed by atoms with Crippen molar-refractivity contribution in [3.05, 3.63) is 60.5 Å². The van der Waals surface area contributed by atoms with Crippen LogP contribution in [0.5, 0.6) is 0 Å². The molecule has 0 bridgehead atoms. The van der Waals surface area contributed by atoms with Crippen LogP contribution in [0, 0.1) is 5.92 Å². The van der Waals surface area contributed by atoms with E-state index in [1.807, 2.05) is 47.5 Å². The van der Waals surface area contributed by atoms with Crippen LogP contribution in [0.4, 0.5) is 5.82 Å². The SMILES string of the molecule is O=C(CCC1CCCN(Cc2cc3ccccc3o2)C1)N1CCN(c2ccccn2)CC1. The monoisotopic (exact) mass is 432 g/mol. The Hall–Kier alpha value is -2.86. The molecule has 1 atom stereocenters. The van der Waals surface area contributed by atoms with Gasteiger partial charge in [0.05, 0.1) is 6.54 Å². The third kappa shape index (κ3) is 4.96. The van der Waals surface area contributed by atoms with Gasteiger partial charge in [-0.2, -0.15) is 0 Å². The van der Waals surface area contributed by atoms with Crippen LogP contribution in [0.1, 0.15) is 31.4 Å². The van der Waals surface area contributed by atoms with Crippen LogP contribution in [0.25, 0.3) is 11.0 Å². The molecule has 168 valence electrons. The summed E-state index contributed by atoms with van der Waals surface area (Å²) in [4.78, 5) is 24.0. The summed E-state index contributed by atoms with van der Waals surface area (Å²) in [6, 6.07) is 16.3. The second-order valence-corrected chi connectivity index (χ2v) is 9.09. The van der Waals surface area contributed by atoms with Crippen molar-refractivity contribution >= 4 is 22.7 Å². The van der Waals surface area contributed by atoms with Gasteiger partial charge in [0.15, 0.2) is 0 Å². The maximum Gasteiger partial charge on any atom is 0.222 e. The molecule has 2 saturated heterocycles. The molecule has 0 spiro atoms. The predicted molar refractivity (Wildman–Crippen MR) is 126 cm³/mol. The topological polar surface area (TPSA) is 52.8 Å². The van der Waals surface area contributed by atoms with Crippen molar-refractivity contribution in [2.75, 3.05) is 44.2 Å². The Morgan fingerprint density at radius 3 is 2.69 bits per heavy atom. The van der Waals surface area contributed by atoms with Crippen molar-refractivity contribution in [1.82, 2.24) is 14.8 Å². The molecule has 0 N–H and O–H groups in total. The molecule has 2 fully saturated rings. The zero-order chi connectivity index (χ0) is 21.8. The van der Waals surface area contributed by atoms with Crippen molar-refractivity contribution in [2.45, 2.75) is 32.2 Å². The maximum absolute atomic E-state index is 12.8. The van der Waals surface area contributed by atoms with Crippen molar-refractivity contribution in [2.24, 2.45) is 5.92 Å². The fourth-order valence-corrected chi connectivity index (χ4v) is 5.08. The van der Waals surface area contributed by atoms with Gasteiger partial charge in [0.2, 0.25) is 5.91 Å². The van der Waals surface area contributed by atoms with Gasteiger partial charge in [-0.25, -0.2) is 4.98 Å². The average molecular weight is 433 g/mol. The fraction of sp³-hybridized carbons (Fsp3) is 0.462. The molecule has 0 saturated carbocycles. The van der Waals surface area contributed by atoms with E-state index in [0.717, 1.165) is 69.4 Å². The molecular weight excluding hydrogens is 400 g/mol. The second-order valence-electron chi connectivity index (χ2n) is 9.09. The third-order valence-electron chi connectivity index (χ3n) is 6.83. The Balaban J connectivity index is 1.07. The van der Waals surface area contributed by atoms with Crippen molar-refractivity contribution in [3.8, 4) is 0 Å². The number of rotatable bonds is 6. The fourth-order valence-electron chi connectivity index (χ4n) is 5.08. The normalized spacial score (nSPS) is 20.1. The summed E-state index contributed by atoms with van der Waals surface area (Å²) in [7, 11) is 0. The Morgan fingerprint density at radius 1 is 1.03 bits per heavy atom. The Morgan fingerprint density at radius 2 is 1.88 bits per heavy atom. The highest BCUT2D eigenvalue weighted by Crippen LogP contribution is 2.25. The van der Waals surface area contributed by atoms with Gasteiger partial charge in [0.1, 0.15) is 17.2 Å². The van der Waals surface area contributed by atoms with E-state index in [2.05, 4.69) is 26.9 Å². The maximum atomic E-state index is 12.8. The van der Waals surface area contributed by atoms with Crippen LogP contribution in [0.2, 0.25) is 0 Å².